The zero-order valence-electron chi connectivity index (χ0n) is 20.3. The molecule has 34 heavy (non-hydrogen) atoms. The molecule has 3 rings (SSSR count). The Kier molecular flexibility index (Phi) is 8.85. The molecule has 2 aromatic rings. The van der Waals surface area contributed by atoms with Crippen molar-refractivity contribution in [2.75, 3.05) is 38.4 Å². The van der Waals surface area contributed by atoms with Gasteiger partial charge in [-0.15, -0.1) is 0 Å². The summed E-state index contributed by atoms with van der Waals surface area (Å²) in [4.78, 5) is 19.9. The lowest BCUT2D eigenvalue weighted by Gasteiger charge is -2.27. The van der Waals surface area contributed by atoms with E-state index in [1.165, 1.54) is 29.8 Å². The van der Waals surface area contributed by atoms with Gasteiger partial charge in [-0.2, -0.15) is 12.7 Å². The number of halogens is 2. The van der Waals surface area contributed by atoms with Crippen LogP contribution >= 0.6 is 43.6 Å². The van der Waals surface area contributed by atoms with Crippen LogP contribution in [0.3, 0.4) is 0 Å². The molecule has 0 aliphatic carbocycles. The van der Waals surface area contributed by atoms with Gasteiger partial charge in [0.2, 0.25) is 0 Å². The SMILES string of the molecule is CSc1nc2c(n1S(=O)(=O)N(C)C)CCCN2C(=O)c1cc(Br)c(Br)n1COCC[Si](C)(C)C. The number of carbonyl (C=O) groups is 1. The number of imidazole rings is 1. The molecule has 1 aliphatic rings. The maximum absolute atomic E-state index is 13.7. The van der Waals surface area contributed by atoms with Gasteiger partial charge in [-0.1, -0.05) is 31.4 Å². The predicted octanol–water partition coefficient (Wildman–Crippen LogP) is 4.49. The van der Waals surface area contributed by atoms with Gasteiger partial charge in [0.1, 0.15) is 17.0 Å². The van der Waals surface area contributed by atoms with Crippen LogP contribution in [0, 0.1) is 0 Å². The molecule has 0 radical (unpaired) electrons. The number of fused-ring (bicyclic) bond motifs is 1. The number of hydrogen-bond donors (Lipinski definition) is 0. The van der Waals surface area contributed by atoms with Crippen LogP contribution in [0.2, 0.25) is 25.7 Å². The molecule has 0 atom stereocenters. The minimum Gasteiger partial charge on any atom is -0.361 e. The highest BCUT2D eigenvalue weighted by Crippen LogP contribution is 2.35. The molecule has 14 heteroatoms. The summed E-state index contributed by atoms with van der Waals surface area (Å²) < 4.78 is 37.6. The van der Waals surface area contributed by atoms with Crippen molar-refractivity contribution in [2.24, 2.45) is 0 Å². The first-order valence-electron chi connectivity index (χ1n) is 10.8. The van der Waals surface area contributed by atoms with Crippen LogP contribution in [0.25, 0.3) is 0 Å². The van der Waals surface area contributed by atoms with Crippen molar-refractivity contribution in [2.45, 2.75) is 50.4 Å². The topological polar surface area (TPSA) is 89.7 Å². The fraction of sp³-hybridized carbons (Fsp3) is 0.600. The summed E-state index contributed by atoms with van der Waals surface area (Å²) in [7, 11) is -2.03. The van der Waals surface area contributed by atoms with E-state index in [-0.39, 0.29) is 12.6 Å². The van der Waals surface area contributed by atoms with Crippen LogP contribution in [0.15, 0.2) is 20.3 Å². The molecule has 0 N–H and O–H groups in total. The highest BCUT2D eigenvalue weighted by atomic mass is 79.9. The fourth-order valence-corrected chi connectivity index (χ4v) is 7.11. The number of amides is 1. The van der Waals surface area contributed by atoms with Crippen molar-refractivity contribution in [1.82, 2.24) is 17.8 Å². The largest absolute Gasteiger partial charge is 0.361 e. The van der Waals surface area contributed by atoms with Crippen molar-refractivity contribution < 1.29 is 17.9 Å². The minimum absolute atomic E-state index is 0.234. The van der Waals surface area contributed by atoms with Crippen molar-refractivity contribution in [3.63, 3.8) is 0 Å². The second kappa shape index (κ2) is 10.8. The quantitative estimate of drug-likeness (QED) is 0.225. The average Bonchev–Trinajstić information content (AvgIpc) is 3.28. The average molecular weight is 658 g/mol. The lowest BCUT2D eigenvalue weighted by Crippen LogP contribution is -2.38. The molecule has 0 bridgehead atoms. The monoisotopic (exact) mass is 655 g/mol. The molecule has 2 aromatic heterocycles. The highest BCUT2D eigenvalue weighted by Gasteiger charge is 2.35. The number of thioether (sulfide) groups is 1. The van der Waals surface area contributed by atoms with Gasteiger partial charge >= 0.3 is 10.2 Å². The number of ether oxygens (including phenoxy) is 1. The van der Waals surface area contributed by atoms with Crippen LogP contribution in [0.1, 0.15) is 22.6 Å². The molecule has 9 nitrogen and oxygen atoms in total. The Morgan fingerprint density at radius 3 is 2.56 bits per heavy atom. The van der Waals surface area contributed by atoms with Gasteiger partial charge in [-0.25, -0.2) is 8.96 Å². The van der Waals surface area contributed by atoms with E-state index in [1.807, 2.05) is 0 Å². The summed E-state index contributed by atoms with van der Waals surface area (Å²) in [6.07, 6.45) is 2.93. The number of hydrogen-bond acceptors (Lipinski definition) is 6. The van der Waals surface area contributed by atoms with Gasteiger partial charge in [-0.05, 0) is 63.1 Å². The first-order valence-corrected chi connectivity index (χ1v) is 18.7. The maximum atomic E-state index is 13.7. The van der Waals surface area contributed by atoms with Crippen molar-refractivity contribution in [1.29, 1.82) is 0 Å². The lowest BCUT2D eigenvalue weighted by molar-refractivity contribution is 0.0792. The second-order valence-electron chi connectivity index (χ2n) is 9.43. The van der Waals surface area contributed by atoms with Gasteiger partial charge in [0.15, 0.2) is 11.0 Å². The first kappa shape index (κ1) is 27.9. The Bertz CT molecular complexity index is 1170. The molecule has 0 fully saturated rings. The van der Waals surface area contributed by atoms with Crippen molar-refractivity contribution in [3.05, 3.63) is 26.5 Å². The normalized spacial score (nSPS) is 14.7. The molecule has 0 saturated carbocycles. The van der Waals surface area contributed by atoms with Gasteiger partial charge in [0.05, 0.1) is 10.2 Å². The number of anilines is 1. The zero-order chi connectivity index (χ0) is 25.4. The Balaban J connectivity index is 1.96. The van der Waals surface area contributed by atoms with E-state index in [4.69, 9.17) is 4.74 Å². The third-order valence-corrected chi connectivity index (χ3v) is 11.7. The Labute approximate surface area is 223 Å². The van der Waals surface area contributed by atoms with Crippen molar-refractivity contribution >= 4 is 73.6 Å². The Morgan fingerprint density at radius 1 is 1.29 bits per heavy atom. The standard InChI is InChI=1S/C20H31Br2N5O4S2Si/c1-24(2)33(29,30)27-15-8-7-9-25(18(15)23-20(27)32-3)19(28)16-12-14(21)17(22)26(16)13-31-10-11-34(4,5)6/h12H,7-11,13H2,1-6H3. The Hall–Kier alpha value is -0.643. The molecule has 190 valence electrons. The third-order valence-electron chi connectivity index (χ3n) is 5.47. The molecule has 0 spiro atoms. The van der Waals surface area contributed by atoms with Crippen LogP contribution in [-0.2, 0) is 28.1 Å². The number of rotatable bonds is 9. The summed E-state index contributed by atoms with van der Waals surface area (Å²) in [6, 6.07) is 2.78. The summed E-state index contributed by atoms with van der Waals surface area (Å²) >= 11 is 8.30. The highest BCUT2D eigenvalue weighted by molar-refractivity contribution is 9.13. The third kappa shape index (κ3) is 5.68. The van der Waals surface area contributed by atoms with E-state index < -0.39 is 18.3 Å². The van der Waals surface area contributed by atoms with E-state index in [2.05, 4.69) is 56.5 Å². The van der Waals surface area contributed by atoms with Crippen LogP contribution in [0.5, 0.6) is 0 Å². The van der Waals surface area contributed by atoms with E-state index in [0.717, 1.165) is 14.8 Å². The van der Waals surface area contributed by atoms with Gasteiger partial charge in [-0.3, -0.25) is 9.69 Å². The van der Waals surface area contributed by atoms with Gasteiger partial charge in [0.25, 0.3) is 5.91 Å². The first-order chi connectivity index (χ1) is 15.8. The Morgan fingerprint density at radius 2 is 1.97 bits per heavy atom. The number of nitrogens with zero attached hydrogens (tertiary/aromatic N) is 5. The van der Waals surface area contributed by atoms with Crippen molar-refractivity contribution in [3.8, 4) is 0 Å². The van der Waals surface area contributed by atoms with Crippen LogP contribution < -0.4 is 4.90 Å². The van der Waals surface area contributed by atoms with Crippen LogP contribution in [-0.4, -0.2) is 73.7 Å². The van der Waals surface area contributed by atoms with Gasteiger partial charge < -0.3 is 9.30 Å². The fourth-order valence-electron chi connectivity index (χ4n) is 3.54. The summed E-state index contributed by atoms with van der Waals surface area (Å²) in [5, 5.41) is 0.339. The smallest absolute Gasteiger partial charge is 0.309 e. The lowest BCUT2D eigenvalue weighted by atomic mass is 10.1. The van der Waals surface area contributed by atoms with E-state index in [9.17, 15) is 13.2 Å². The minimum atomic E-state index is -3.78. The number of aromatic nitrogens is 3. The maximum Gasteiger partial charge on any atom is 0.309 e. The number of carbonyl (C=O) groups excluding carboxylic acids is 1. The molecule has 3 heterocycles. The molecule has 0 unspecified atom stereocenters. The zero-order valence-corrected chi connectivity index (χ0v) is 26.1. The molecule has 1 aliphatic heterocycles. The molecule has 0 saturated heterocycles. The van der Waals surface area contributed by atoms with E-state index >= 15 is 0 Å². The second-order valence-corrected chi connectivity index (χ2v) is 19.4. The molecule has 0 aromatic carbocycles. The summed E-state index contributed by atoms with van der Waals surface area (Å²) in [5.41, 5.74) is 0.968. The molecular formula is C20H31Br2N5O4S2Si. The molecular weight excluding hydrogens is 626 g/mol. The predicted molar refractivity (Wildman–Crippen MR) is 146 cm³/mol. The van der Waals surface area contributed by atoms with Crippen LogP contribution in [0.4, 0.5) is 5.82 Å². The summed E-state index contributed by atoms with van der Waals surface area (Å²) in [6.45, 7) is 8.19. The summed E-state index contributed by atoms with van der Waals surface area (Å²) in [5.74, 6) is 0.145. The van der Waals surface area contributed by atoms with E-state index in [1.54, 1.807) is 21.8 Å². The molecule has 1 amide bonds. The van der Waals surface area contributed by atoms with E-state index in [0.29, 0.717) is 53.0 Å². The van der Waals surface area contributed by atoms with Gasteiger partial charge in [0, 0.05) is 35.3 Å².